The van der Waals surface area contributed by atoms with Crippen LogP contribution in [-0.2, 0) is 16.1 Å². The van der Waals surface area contributed by atoms with E-state index in [1.165, 1.54) is 24.1 Å². The number of carbonyl (C=O) groups is 2. The zero-order chi connectivity index (χ0) is 16.8. The van der Waals surface area contributed by atoms with Crippen molar-refractivity contribution >= 4 is 34.9 Å². The molecule has 0 radical (unpaired) electrons. The minimum atomic E-state index is -0.361. The molecule has 0 aliphatic carbocycles. The third-order valence-corrected chi connectivity index (χ3v) is 3.22. The van der Waals surface area contributed by atoms with Crippen LogP contribution >= 0.6 is 11.6 Å². The van der Waals surface area contributed by atoms with Crippen LogP contribution < -0.4 is 10.6 Å². The van der Waals surface area contributed by atoms with E-state index in [0.717, 1.165) is 11.1 Å². The van der Waals surface area contributed by atoms with Crippen molar-refractivity contribution in [1.82, 2.24) is 20.1 Å². The van der Waals surface area contributed by atoms with Crippen molar-refractivity contribution in [1.29, 1.82) is 0 Å². The molecule has 23 heavy (non-hydrogen) atoms. The van der Waals surface area contributed by atoms with Crippen molar-refractivity contribution in [2.45, 2.75) is 13.5 Å². The quantitative estimate of drug-likeness (QED) is 0.815. The minimum absolute atomic E-state index is 0.0384. The Morgan fingerprint density at radius 2 is 2.17 bits per heavy atom. The zero-order valence-electron chi connectivity index (χ0n) is 12.7. The van der Waals surface area contributed by atoms with Gasteiger partial charge in [0.1, 0.15) is 12.9 Å². The van der Waals surface area contributed by atoms with E-state index in [-0.39, 0.29) is 24.3 Å². The van der Waals surface area contributed by atoms with Gasteiger partial charge in [0, 0.05) is 18.1 Å². The summed E-state index contributed by atoms with van der Waals surface area (Å²) in [7, 11) is 1.53. The van der Waals surface area contributed by atoms with Gasteiger partial charge in [-0.15, -0.1) is 5.10 Å². The Hall–Kier alpha value is -2.67. The van der Waals surface area contributed by atoms with Crippen LogP contribution in [0, 0.1) is 0 Å². The molecular formula is C15H16ClN5O2. The highest BCUT2D eigenvalue weighted by atomic mass is 35.5. The number of likely N-dealkylation sites (N-methyl/N-ethyl adjacent to an activating group) is 1. The molecule has 2 amide bonds. The second kappa shape index (κ2) is 7.55. The highest BCUT2D eigenvalue weighted by Crippen LogP contribution is 2.18. The summed E-state index contributed by atoms with van der Waals surface area (Å²) in [5.74, 6) is -0.432. The minimum Gasteiger partial charge on any atom is -0.358 e. The molecule has 0 unspecified atom stereocenters. The molecule has 1 aromatic heterocycles. The number of carbonyl (C=O) groups excluding carboxylic acids is 2. The lowest BCUT2D eigenvalue weighted by Gasteiger charge is -2.02. The number of rotatable bonds is 5. The van der Waals surface area contributed by atoms with Gasteiger partial charge in [-0.1, -0.05) is 23.7 Å². The van der Waals surface area contributed by atoms with E-state index >= 15 is 0 Å². The van der Waals surface area contributed by atoms with Crippen molar-refractivity contribution in [2.24, 2.45) is 0 Å². The second-order valence-corrected chi connectivity index (χ2v) is 5.20. The number of nitrogens with one attached hydrogen (secondary N) is 2. The summed E-state index contributed by atoms with van der Waals surface area (Å²) in [6.45, 7) is 1.85. The lowest BCUT2D eigenvalue weighted by Crippen LogP contribution is -2.23. The van der Waals surface area contributed by atoms with Gasteiger partial charge in [-0.2, -0.15) is 0 Å². The lowest BCUT2D eigenvalue weighted by molar-refractivity contribution is -0.121. The second-order valence-electron chi connectivity index (χ2n) is 4.77. The predicted molar refractivity (Wildman–Crippen MR) is 87.8 cm³/mol. The van der Waals surface area contributed by atoms with E-state index in [1.807, 2.05) is 19.1 Å². The first-order valence-electron chi connectivity index (χ1n) is 6.83. The first-order chi connectivity index (χ1) is 11.0. The van der Waals surface area contributed by atoms with Gasteiger partial charge in [0.2, 0.25) is 11.9 Å². The predicted octanol–water partition coefficient (Wildman–Crippen LogP) is 1.72. The number of aromatic nitrogens is 3. The largest absolute Gasteiger partial charge is 0.358 e. The summed E-state index contributed by atoms with van der Waals surface area (Å²) in [4.78, 5) is 27.1. The van der Waals surface area contributed by atoms with Gasteiger partial charge in [0.05, 0.1) is 0 Å². The van der Waals surface area contributed by atoms with E-state index in [2.05, 4.69) is 20.7 Å². The van der Waals surface area contributed by atoms with Gasteiger partial charge in [-0.25, -0.2) is 9.67 Å². The van der Waals surface area contributed by atoms with E-state index < -0.39 is 0 Å². The molecule has 0 bridgehead atoms. The molecule has 2 N–H and O–H groups in total. The average molecular weight is 334 g/mol. The average Bonchev–Trinajstić information content (AvgIpc) is 2.93. The van der Waals surface area contributed by atoms with Gasteiger partial charge in [-0.05, 0) is 30.2 Å². The molecule has 0 saturated carbocycles. The first-order valence-corrected chi connectivity index (χ1v) is 7.21. The fourth-order valence-electron chi connectivity index (χ4n) is 1.81. The molecule has 1 heterocycles. The van der Waals surface area contributed by atoms with Crippen molar-refractivity contribution in [3.8, 4) is 0 Å². The molecule has 120 valence electrons. The lowest BCUT2D eigenvalue weighted by atomic mass is 10.1. The summed E-state index contributed by atoms with van der Waals surface area (Å²) in [6, 6.07) is 7.22. The normalized spacial score (nSPS) is 11.2. The fraction of sp³-hybridized carbons (Fsp3) is 0.200. The Labute approximate surface area is 138 Å². The number of halogens is 1. The van der Waals surface area contributed by atoms with Gasteiger partial charge >= 0.3 is 0 Å². The molecule has 2 aromatic rings. The Morgan fingerprint density at radius 3 is 2.87 bits per heavy atom. The van der Waals surface area contributed by atoms with Crippen molar-refractivity contribution in [2.75, 3.05) is 12.4 Å². The Balaban J connectivity index is 2.01. The highest BCUT2D eigenvalue weighted by Gasteiger charge is 2.07. The molecular weight excluding hydrogens is 318 g/mol. The SMILES string of the molecule is CNC(=O)Cn1cnc(NC(=O)C=C(C)c2cccc(Cl)c2)n1. The summed E-state index contributed by atoms with van der Waals surface area (Å²) >= 11 is 5.93. The van der Waals surface area contributed by atoms with Crippen LogP contribution in [0.15, 0.2) is 36.7 Å². The van der Waals surface area contributed by atoms with Crippen LogP contribution in [0.3, 0.4) is 0 Å². The number of anilines is 1. The van der Waals surface area contributed by atoms with Crippen molar-refractivity contribution < 1.29 is 9.59 Å². The van der Waals surface area contributed by atoms with Gasteiger partial charge in [0.25, 0.3) is 5.91 Å². The molecule has 7 nitrogen and oxygen atoms in total. The summed E-state index contributed by atoms with van der Waals surface area (Å²) in [5, 5.41) is 9.62. The highest BCUT2D eigenvalue weighted by molar-refractivity contribution is 6.30. The number of hydrogen-bond donors (Lipinski definition) is 2. The molecule has 0 aliphatic heterocycles. The molecule has 0 aliphatic rings. The standard InChI is InChI=1S/C15H16ClN5O2/c1-10(11-4-3-5-12(16)7-11)6-13(22)19-15-18-9-21(20-15)8-14(23)17-2/h3-7,9H,8H2,1-2H3,(H,17,23)(H,19,20,22). The first kappa shape index (κ1) is 16.7. The maximum atomic E-state index is 12.0. The molecule has 8 heteroatoms. The van der Waals surface area contributed by atoms with Gasteiger partial charge in [-0.3, -0.25) is 14.9 Å². The zero-order valence-corrected chi connectivity index (χ0v) is 13.5. The van der Waals surface area contributed by atoms with Crippen molar-refractivity contribution in [3.05, 3.63) is 47.3 Å². The molecule has 0 fully saturated rings. The monoisotopic (exact) mass is 333 g/mol. The summed E-state index contributed by atoms with van der Waals surface area (Å²) in [6.07, 6.45) is 2.81. The molecule has 1 aromatic carbocycles. The van der Waals surface area contributed by atoms with Crippen LogP contribution in [0.4, 0.5) is 5.95 Å². The summed E-state index contributed by atoms with van der Waals surface area (Å²) < 4.78 is 1.34. The Morgan fingerprint density at radius 1 is 1.39 bits per heavy atom. The molecule has 2 rings (SSSR count). The van der Waals surface area contributed by atoms with Crippen LogP contribution in [0.25, 0.3) is 5.57 Å². The van der Waals surface area contributed by atoms with Crippen LogP contribution in [0.5, 0.6) is 0 Å². The van der Waals surface area contributed by atoms with Crippen LogP contribution in [0.1, 0.15) is 12.5 Å². The number of nitrogens with zero attached hydrogens (tertiary/aromatic N) is 3. The smallest absolute Gasteiger partial charge is 0.251 e. The number of allylic oxidation sites excluding steroid dienone is 1. The Kier molecular flexibility index (Phi) is 5.48. The maximum absolute atomic E-state index is 12.0. The molecule has 0 saturated heterocycles. The third kappa shape index (κ3) is 4.93. The van der Waals surface area contributed by atoms with Crippen LogP contribution in [-0.4, -0.2) is 33.6 Å². The maximum Gasteiger partial charge on any atom is 0.251 e. The van der Waals surface area contributed by atoms with E-state index in [1.54, 1.807) is 12.1 Å². The van der Waals surface area contributed by atoms with E-state index in [4.69, 9.17) is 11.6 Å². The van der Waals surface area contributed by atoms with E-state index in [9.17, 15) is 9.59 Å². The van der Waals surface area contributed by atoms with E-state index in [0.29, 0.717) is 5.02 Å². The molecule has 0 spiro atoms. The summed E-state index contributed by atoms with van der Waals surface area (Å²) in [5.41, 5.74) is 1.61. The van der Waals surface area contributed by atoms with Gasteiger partial charge in [0.15, 0.2) is 0 Å². The fourth-order valence-corrected chi connectivity index (χ4v) is 2.00. The topological polar surface area (TPSA) is 88.9 Å². The third-order valence-electron chi connectivity index (χ3n) is 2.98. The van der Waals surface area contributed by atoms with Gasteiger partial charge < -0.3 is 5.32 Å². The number of benzene rings is 1. The number of hydrogen-bond acceptors (Lipinski definition) is 4. The molecule has 0 atom stereocenters. The van der Waals surface area contributed by atoms with Crippen molar-refractivity contribution in [3.63, 3.8) is 0 Å². The van der Waals surface area contributed by atoms with Crippen LogP contribution in [0.2, 0.25) is 5.02 Å². The Bertz CT molecular complexity index is 754. The number of amides is 2.